The van der Waals surface area contributed by atoms with Crippen molar-refractivity contribution in [2.45, 2.75) is 6.54 Å². The van der Waals surface area contributed by atoms with E-state index in [1.54, 1.807) is 11.3 Å². The van der Waals surface area contributed by atoms with Crippen LogP contribution < -0.4 is 0 Å². The number of thiophene rings is 1. The molecule has 2 rings (SSSR count). The van der Waals surface area contributed by atoms with Crippen LogP contribution in [0.15, 0.2) is 11.4 Å². The van der Waals surface area contributed by atoms with Gasteiger partial charge in [0.2, 0.25) is 0 Å². The first-order valence-corrected chi connectivity index (χ1v) is 5.57. The summed E-state index contributed by atoms with van der Waals surface area (Å²) >= 11 is 1.67. The second-order valence-corrected chi connectivity index (χ2v) is 4.34. The van der Waals surface area contributed by atoms with Gasteiger partial charge in [0.25, 0.3) is 0 Å². The maximum atomic E-state index is 3.28. The summed E-state index contributed by atoms with van der Waals surface area (Å²) in [5.41, 5.74) is 1.34. The third kappa shape index (κ3) is 2.53. The Morgan fingerprint density at radius 3 is 2.77 bits per heavy atom. The maximum Gasteiger partial charge on any atom is 0.0490 e. The molecular formula is C10H15N2S. The Kier molecular flexibility index (Phi) is 2.98. The summed E-state index contributed by atoms with van der Waals surface area (Å²) in [5, 5.41) is 5.38. The first-order valence-electron chi connectivity index (χ1n) is 4.69. The average Bonchev–Trinajstić information content (AvgIpc) is 2.62. The molecule has 1 aromatic heterocycles. The lowest BCUT2D eigenvalue weighted by Crippen LogP contribution is -2.43. The minimum absolute atomic E-state index is 1.08. The predicted octanol–water partition coefficient (Wildman–Crippen LogP) is 1.30. The zero-order valence-electron chi connectivity index (χ0n) is 7.99. The van der Waals surface area contributed by atoms with Gasteiger partial charge in [-0.3, -0.25) is 4.90 Å². The predicted molar refractivity (Wildman–Crippen MR) is 55.9 cm³/mol. The van der Waals surface area contributed by atoms with E-state index >= 15 is 0 Å². The van der Waals surface area contributed by atoms with Gasteiger partial charge in [-0.15, -0.1) is 11.3 Å². The van der Waals surface area contributed by atoms with Crippen LogP contribution in [0.5, 0.6) is 0 Å². The molecule has 0 N–H and O–H groups in total. The van der Waals surface area contributed by atoms with Crippen molar-refractivity contribution in [2.75, 3.05) is 33.2 Å². The summed E-state index contributed by atoms with van der Waals surface area (Å²) in [6.45, 7) is 5.87. The fourth-order valence-corrected chi connectivity index (χ4v) is 2.18. The van der Waals surface area contributed by atoms with Crippen LogP contribution in [0.25, 0.3) is 0 Å². The monoisotopic (exact) mass is 195 g/mol. The van der Waals surface area contributed by atoms with E-state index in [0.29, 0.717) is 0 Å². The van der Waals surface area contributed by atoms with Crippen LogP contribution in [0.3, 0.4) is 0 Å². The molecule has 0 spiro atoms. The second kappa shape index (κ2) is 4.22. The number of hydrogen-bond donors (Lipinski definition) is 0. The van der Waals surface area contributed by atoms with Crippen LogP contribution in [0.2, 0.25) is 0 Å². The average molecular weight is 195 g/mol. The molecule has 0 aliphatic carbocycles. The Morgan fingerprint density at radius 2 is 2.15 bits per heavy atom. The molecule has 3 heteroatoms. The van der Waals surface area contributed by atoms with Crippen molar-refractivity contribution in [3.05, 3.63) is 22.4 Å². The summed E-state index contributed by atoms with van der Waals surface area (Å²) in [6, 6.07) is 2.17. The normalized spacial score (nSPS) is 20.7. The molecule has 0 amide bonds. The molecular weight excluding hydrogens is 180 g/mol. The number of likely N-dealkylation sites (N-methyl/N-ethyl adjacent to an activating group) is 1. The van der Waals surface area contributed by atoms with Crippen LogP contribution in [-0.2, 0) is 6.54 Å². The Hall–Kier alpha value is -0.380. The van der Waals surface area contributed by atoms with Crippen LogP contribution >= 0.6 is 11.3 Å². The van der Waals surface area contributed by atoms with Gasteiger partial charge in [0.05, 0.1) is 0 Å². The van der Waals surface area contributed by atoms with Crippen molar-refractivity contribution < 1.29 is 0 Å². The van der Waals surface area contributed by atoms with Crippen molar-refractivity contribution in [3.8, 4) is 0 Å². The number of rotatable bonds is 2. The molecule has 0 saturated carbocycles. The molecule has 1 radical (unpaired) electrons. The zero-order valence-corrected chi connectivity index (χ0v) is 8.81. The first-order chi connectivity index (χ1) is 6.34. The SMILES string of the molecule is CN1CCN(Cc2[c]scc2)CC1. The van der Waals surface area contributed by atoms with Gasteiger partial charge in [-0.1, -0.05) is 0 Å². The van der Waals surface area contributed by atoms with Crippen LogP contribution in [0.1, 0.15) is 5.56 Å². The van der Waals surface area contributed by atoms with Gasteiger partial charge >= 0.3 is 0 Å². The summed E-state index contributed by atoms with van der Waals surface area (Å²) < 4.78 is 0. The molecule has 1 fully saturated rings. The quantitative estimate of drug-likeness (QED) is 0.702. The van der Waals surface area contributed by atoms with E-state index in [0.717, 1.165) is 6.54 Å². The Morgan fingerprint density at radius 1 is 1.38 bits per heavy atom. The third-order valence-corrected chi connectivity index (χ3v) is 3.17. The van der Waals surface area contributed by atoms with Gasteiger partial charge < -0.3 is 4.90 Å². The zero-order chi connectivity index (χ0) is 9.10. The minimum atomic E-state index is 1.08. The van der Waals surface area contributed by atoms with E-state index in [-0.39, 0.29) is 0 Å². The summed E-state index contributed by atoms with van der Waals surface area (Å²) in [7, 11) is 2.19. The molecule has 0 unspecified atom stereocenters. The number of hydrogen-bond acceptors (Lipinski definition) is 3. The van der Waals surface area contributed by atoms with E-state index in [4.69, 9.17) is 0 Å². The highest BCUT2D eigenvalue weighted by atomic mass is 32.1. The fourth-order valence-electron chi connectivity index (χ4n) is 1.59. The second-order valence-electron chi connectivity index (χ2n) is 3.63. The van der Waals surface area contributed by atoms with Crippen LogP contribution in [0, 0.1) is 5.38 Å². The highest BCUT2D eigenvalue weighted by molar-refractivity contribution is 7.07. The molecule has 2 nitrogen and oxygen atoms in total. The molecule has 71 valence electrons. The molecule has 1 aliphatic rings. The molecule has 0 atom stereocenters. The highest BCUT2D eigenvalue weighted by Gasteiger charge is 2.13. The van der Waals surface area contributed by atoms with Crippen molar-refractivity contribution in [2.24, 2.45) is 0 Å². The van der Waals surface area contributed by atoms with Gasteiger partial charge in [-0.2, -0.15) is 0 Å². The van der Waals surface area contributed by atoms with E-state index in [1.165, 1.54) is 31.7 Å². The van der Waals surface area contributed by atoms with E-state index in [2.05, 4.69) is 33.7 Å². The van der Waals surface area contributed by atoms with Gasteiger partial charge in [0.1, 0.15) is 0 Å². The number of piperazine rings is 1. The summed E-state index contributed by atoms with van der Waals surface area (Å²) in [5.74, 6) is 0. The molecule has 2 heterocycles. The summed E-state index contributed by atoms with van der Waals surface area (Å²) in [6.07, 6.45) is 0. The molecule has 0 bridgehead atoms. The van der Waals surface area contributed by atoms with E-state index < -0.39 is 0 Å². The van der Waals surface area contributed by atoms with E-state index in [9.17, 15) is 0 Å². The minimum Gasteiger partial charge on any atom is -0.304 e. The lowest BCUT2D eigenvalue weighted by atomic mass is 10.2. The maximum absolute atomic E-state index is 3.28. The summed E-state index contributed by atoms with van der Waals surface area (Å²) in [4.78, 5) is 4.88. The smallest absolute Gasteiger partial charge is 0.0490 e. The molecule has 1 aliphatic heterocycles. The topological polar surface area (TPSA) is 6.48 Å². The Bertz CT molecular complexity index is 237. The lowest BCUT2D eigenvalue weighted by Gasteiger charge is -2.31. The van der Waals surface area contributed by atoms with Gasteiger partial charge in [0.15, 0.2) is 0 Å². The van der Waals surface area contributed by atoms with Gasteiger partial charge in [0, 0.05) is 38.1 Å². The largest absolute Gasteiger partial charge is 0.304 e. The molecule has 1 saturated heterocycles. The number of nitrogens with zero attached hydrogens (tertiary/aromatic N) is 2. The molecule has 13 heavy (non-hydrogen) atoms. The highest BCUT2D eigenvalue weighted by Crippen LogP contribution is 2.09. The van der Waals surface area contributed by atoms with Crippen LogP contribution in [-0.4, -0.2) is 43.0 Å². The van der Waals surface area contributed by atoms with Crippen molar-refractivity contribution >= 4 is 11.3 Å². The Balaban J connectivity index is 1.83. The first kappa shape index (κ1) is 9.19. The van der Waals surface area contributed by atoms with E-state index in [1.807, 2.05) is 0 Å². The Labute approximate surface area is 83.8 Å². The van der Waals surface area contributed by atoms with Crippen molar-refractivity contribution in [1.29, 1.82) is 0 Å². The molecule has 1 aromatic rings. The van der Waals surface area contributed by atoms with Crippen molar-refractivity contribution in [1.82, 2.24) is 9.80 Å². The van der Waals surface area contributed by atoms with Crippen LogP contribution in [0.4, 0.5) is 0 Å². The molecule has 0 aromatic carbocycles. The standard InChI is InChI=1S/C10H15N2S/c1-11-3-5-12(6-4-11)8-10-2-7-13-9-10/h2,7H,3-6,8H2,1H3. The van der Waals surface area contributed by atoms with Gasteiger partial charge in [-0.25, -0.2) is 0 Å². The fraction of sp³-hybridized carbons (Fsp3) is 0.600. The van der Waals surface area contributed by atoms with Gasteiger partial charge in [-0.05, 0) is 24.1 Å². The lowest BCUT2D eigenvalue weighted by molar-refractivity contribution is 0.148. The third-order valence-electron chi connectivity index (χ3n) is 2.52. The van der Waals surface area contributed by atoms with Crippen molar-refractivity contribution in [3.63, 3.8) is 0 Å².